The van der Waals surface area contributed by atoms with E-state index in [1.54, 1.807) is 6.26 Å². The molecule has 0 spiro atoms. The molecular weight excluding hydrogens is 164 g/mol. The fraction of sp³-hybridized carbons (Fsp3) is 0.700. The Labute approximate surface area is 79.3 Å². The topological polar surface area (TPSA) is 52.0 Å². The predicted octanol–water partition coefficient (Wildman–Crippen LogP) is 2.50. The molecule has 0 amide bonds. The summed E-state index contributed by atoms with van der Waals surface area (Å²) in [7, 11) is 0. The van der Waals surface area contributed by atoms with Crippen molar-refractivity contribution in [2.45, 2.75) is 39.7 Å². The van der Waals surface area contributed by atoms with Gasteiger partial charge < -0.3 is 10.2 Å². The van der Waals surface area contributed by atoms with E-state index in [0.29, 0.717) is 5.41 Å². The van der Waals surface area contributed by atoms with Gasteiger partial charge >= 0.3 is 0 Å². The Bertz CT molecular complexity index is 236. The van der Waals surface area contributed by atoms with Crippen molar-refractivity contribution >= 4 is 0 Å². The number of rotatable bonds is 3. The van der Waals surface area contributed by atoms with Crippen LogP contribution in [-0.4, -0.2) is 4.98 Å². The van der Waals surface area contributed by atoms with Crippen molar-refractivity contribution in [3.05, 3.63) is 18.4 Å². The highest BCUT2D eigenvalue weighted by Crippen LogP contribution is 2.25. The second-order valence-electron chi connectivity index (χ2n) is 4.62. The third-order valence-corrected chi connectivity index (χ3v) is 2.04. The lowest BCUT2D eigenvalue weighted by Gasteiger charge is -2.19. The molecule has 2 N–H and O–H groups in total. The number of hydrogen-bond acceptors (Lipinski definition) is 3. The average molecular weight is 182 g/mol. The summed E-state index contributed by atoms with van der Waals surface area (Å²) < 4.78 is 4.88. The minimum absolute atomic E-state index is 0.0120. The van der Waals surface area contributed by atoms with Crippen molar-refractivity contribution in [2.75, 3.05) is 0 Å². The molecule has 13 heavy (non-hydrogen) atoms. The first-order valence-electron chi connectivity index (χ1n) is 4.63. The largest absolute Gasteiger partial charge is 0.451 e. The van der Waals surface area contributed by atoms with Gasteiger partial charge in [0.1, 0.15) is 6.26 Å². The summed E-state index contributed by atoms with van der Waals surface area (Å²) in [6.45, 7) is 6.63. The zero-order chi connectivity index (χ0) is 9.90. The first-order chi connectivity index (χ1) is 5.99. The first kappa shape index (κ1) is 10.3. The maximum Gasteiger partial charge on any atom is 0.180 e. The Morgan fingerprint density at radius 3 is 2.69 bits per heavy atom. The van der Waals surface area contributed by atoms with E-state index >= 15 is 0 Å². The Morgan fingerprint density at radius 1 is 1.54 bits per heavy atom. The molecule has 1 unspecified atom stereocenters. The molecule has 1 aromatic heterocycles. The van der Waals surface area contributed by atoms with E-state index in [-0.39, 0.29) is 6.04 Å². The average Bonchev–Trinajstić information content (AvgIpc) is 2.50. The monoisotopic (exact) mass is 182 g/mol. The van der Waals surface area contributed by atoms with Crippen LogP contribution in [-0.2, 0) is 0 Å². The van der Waals surface area contributed by atoms with Gasteiger partial charge in [-0.15, -0.1) is 0 Å². The molecule has 1 aromatic rings. The Hall–Kier alpha value is -0.830. The lowest BCUT2D eigenvalue weighted by atomic mass is 9.88. The SMILES string of the molecule is CC(C)(C)CCC(N)c1cocn1. The molecule has 0 aliphatic carbocycles. The van der Waals surface area contributed by atoms with Crippen molar-refractivity contribution in [1.82, 2.24) is 4.98 Å². The molecule has 1 heterocycles. The van der Waals surface area contributed by atoms with Crippen LogP contribution in [0.4, 0.5) is 0 Å². The normalized spacial score (nSPS) is 14.5. The Kier molecular flexibility index (Phi) is 3.09. The first-order valence-corrected chi connectivity index (χ1v) is 4.63. The standard InChI is InChI=1S/C10H18N2O/c1-10(2,3)5-4-8(11)9-6-13-7-12-9/h6-8H,4-5,11H2,1-3H3. The van der Waals surface area contributed by atoms with Gasteiger partial charge in [-0.05, 0) is 18.3 Å². The summed E-state index contributed by atoms with van der Waals surface area (Å²) in [5, 5.41) is 0. The van der Waals surface area contributed by atoms with Crippen LogP contribution in [0.5, 0.6) is 0 Å². The lowest BCUT2D eigenvalue weighted by Crippen LogP contribution is -2.14. The lowest BCUT2D eigenvalue weighted by molar-refractivity contribution is 0.348. The van der Waals surface area contributed by atoms with Gasteiger partial charge in [-0.25, -0.2) is 4.98 Å². The van der Waals surface area contributed by atoms with Crippen molar-refractivity contribution in [1.29, 1.82) is 0 Å². The van der Waals surface area contributed by atoms with Gasteiger partial charge in [-0.3, -0.25) is 0 Å². The molecule has 1 atom stereocenters. The van der Waals surface area contributed by atoms with E-state index in [1.807, 2.05) is 0 Å². The van der Waals surface area contributed by atoms with Gasteiger partial charge in [0, 0.05) is 0 Å². The van der Waals surface area contributed by atoms with Gasteiger partial charge in [0.2, 0.25) is 0 Å². The summed E-state index contributed by atoms with van der Waals surface area (Å²) >= 11 is 0. The highest BCUT2D eigenvalue weighted by atomic mass is 16.3. The summed E-state index contributed by atoms with van der Waals surface area (Å²) in [5.41, 5.74) is 7.11. The maximum atomic E-state index is 5.92. The second kappa shape index (κ2) is 3.92. The number of hydrogen-bond donors (Lipinski definition) is 1. The number of aromatic nitrogens is 1. The van der Waals surface area contributed by atoms with Crippen LogP contribution >= 0.6 is 0 Å². The van der Waals surface area contributed by atoms with Crippen LogP contribution in [0.2, 0.25) is 0 Å². The van der Waals surface area contributed by atoms with E-state index in [2.05, 4.69) is 25.8 Å². The zero-order valence-electron chi connectivity index (χ0n) is 8.58. The molecule has 0 bridgehead atoms. The molecular formula is C10H18N2O. The molecule has 3 nitrogen and oxygen atoms in total. The number of nitrogens with two attached hydrogens (primary N) is 1. The molecule has 0 fully saturated rings. The minimum atomic E-state index is 0.0120. The molecule has 74 valence electrons. The van der Waals surface area contributed by atoms with Crippen LogP contribution in [0, 0.1) is 5.41 Å². The molecule has 1 rings (SSSR count). The predicted molar refractivity (Wildman–Crippen MR) is 52.1 cm³/mol. The Balaban J connectivity index is 2.39. The molecule has 0 saturated carbocycles. The second-order valence-corrected chi connectivity index (χ2v) is 4.62. The molecule has 3 heteroatoms. The van der Waals surface area contributed by atoms with Crippen LogP contribution in [0.3, 0.4) is 0 Å². The van der Waals surface area contributed by atoms with Crippen LogP contribution in [0.15, 0.2) is 17.1 Å². The van der Waals surface area contributed by atoms with Crippen molar-refractivity contribution < 1.29 is 4.42 Å². The Morgan fingerprint density at radius 2 is 2.23 bits per heavy atom. The fourth-order valence-electron chi connectivity index (χ4n) is 1.14. The van der Waals surface area contributed by atoms with E-state index in [0.717, 1.165) is 18.5 Å². The van der Waals surface area contributed by atoms with Gasteiger partial charge in [0.25, 0.3) is 0 Å². The molecule has 0 aliphatic rings. The van der Waals surface area contributed by atoms with E-state index in [4.69, 9.17) is 10.2 Å². The number of oxazole rings is 1. The smallest absolute Gasteiger partial charge is 0.180 e. The van der Waals surface area contributed by atoms with Crippen molar-refractivity contribution in [3.63, 3.8) is 0 Å². The molecule has 0 aromatic carbocycles. The minimum Gasteiger partial charge on any atom is -0.451 e. The van der Waals surface area contributed by atoms with Gasteiger partial charge in [-0.1, -0.05) is 20.8 Å². The van der Waals surface area contributed by atoms with Gasteiger partial charge in [0.05, 0.1) is 11.7 Å². The van der Waals surface area contributed by atoms with Crippen LogP contribution in [0.1, 0.15) is 45.3 Å². The van der Waals surface area contributed by atoms with Crippen molar-refractivity contribution in [2.24, 2.45) is 11.1 Å². The molecule has 0 saturated heterocycles. The summed E-state index contributed by atoms with van der Waals surface area (Å²) in [6.07, 6.45) is 5.09. The van der Waals surface area contributed by atoms with Gasteiger partial charge in [-0.2, -0.15) is 0 Å². The maximum absolute atomic E-state index is 5.92. The van der Waals surface area contributed by atoms with E-state index < -0.39 is 0 Å². The third kappa shape index (κ3) is 3.59. The number of nitrogens with zero attached hydrogens (tertiary/aromatic N) is 1. The molecule has 0 radical (unpaired) electrons. The third-order valence-electron chi connectivity index (χ3n) is 2.04. The quantitative estimate of drug-likeness (QED) is 0.781. The summed E-state index contributed by atoms with van der Waals surface area (Å²) in [6, 6.07) is 0.0120. The van der Waals surface area contributed by atoms with E-state index in [1.165, 1.54) is 6.39 Å². The van der Waals surface area contributed by atoms with Crippen LogP contribution in [0.25, 0.3) is 0 Å². The fourth-order valence-corrected chi connectivity index (χ4v) is 1.14. The zero-order valence-corrected chi connectivity index (χ0v) is 8.58. The molecule has 0 aliphatic heterocycles. The van der Waals surface area contributed by atoms with E-state index in [9.17, 15) is 0 Å². The van der Waals surface area contributed by atoms with Crippen LogP contribution < -0.4 is 5.73 Å². The van der Waals surface area contributed by atoms with Crippen molar-refractivity contribution in [3.8, 4) is 0 Å². The highest BCUT2D eigenvalue weighted by molar-refractivity contribution is 4.98. The van der Waals surface area contributed by atoms with Gasteiger partial charge in [0.15, 0.2) is 6.39 Å². The highest BCUT2D eigenvalue weighted by Gasteiger charge is 2.15. The summed E-state index contributed by atoms with van der Waals surface area (Å²) in [5.74, 6) is 0. The summed E-state index contributed by atoms with van der Waals surface area (Å²) in [4.78, 5) is 4.03.